The molecule has 0 amide bonds. The fourth-order valence-corrected chi connectivity index (χ4v) is 5.02. The Labute approximate surface area is 108 Å². The number of rotatable bonds is 10. The maximum Gasteiger partial charge on any atom is 0.0473 e. The minimum atomic E-state index is -0.853. The maximum absolute atomic E-state index is 4.25. The van der Waals surface area contributed by atoms with Crippen molar-refractivity contribution >= 4 is 33.3 Å². The van der Waals surface area contributed by atoms with Crippen molar-refractivity contribution in [2.45, 2.75) is 63.7 Å². The summed E-state index contributed by atoms with van der Waals surface area (Å²) < 4.78 is 0. The van der Waals surface area contributed by atoms with Gasteiger partial charge in [-0.3, -0.25) is 0 Å². The molecule has 0 atom stereocenters. The zero-order valence-corrected chi connectivity index (χ0v) is 13.3. The minimum Gasteiger partial charge on any atom is -0.179 e. The third-order valence-corrected chi connectivity index (χ3v) is 7.07. The Hall–Kier alpha value is 0.917. The third-order valence-electron chi connectivity index (χ3n) is 3.02. The summed E-state index contributed by atoms with van der Waals surface area (Å²) in [5.41, 5.74) is 0. The molecule has 0 aromatic carbocycles. The van der Waals surface area contributed by atoms with E-state index in [1.165, 1.54) is 50.6 Å². The second-order valence-electron chi connectivity index (χ2n) is 5.23. The molecule has 0 unspecified atom stereocenters. The minimum absolute atomic E-state index is 0.853. The molecule has 0 aromatic heterocycles. The largest absolute Gasteiger partial charge is 0.179 e. The Morgan fingerprint density at radius 3 is 1.40 bits per heavy atom. The van der Waals surface area contributed by atoms with E-state index in [4.69, 9.17) is 0 Å². The summed E-state index contributed by atoms with van der Waals surface area (Å²) in [6, 6.07) is 3.03. The lowest BCUT2D eigenvalue weighted by Gasteiger charge is -2.22. The van der Waals surface area contributed by atoms with Crippen molar-refractivity contribution in [3.05, 3.63) is 0 Å². The molecule has 0 N–H and O–H groups in total. The lowest BCUT2D eigenvalue weighted by atomic mass is 10.3. The molecule has 0 aliphatic rings. The van der Waals surface area contributed by atoms with Crippen LogP contribution in [0.5, 0.6) is 0 Å². The highest BCUT2D eigenvalue weighted by Gasteiger charge is 2.18. The van der Waals surface area contributed by atoms with Gasteiger partial charge in [0.25, 0.3) is 0 Å². The number of unbranched alkanes of at least 4 members (excludes halogenated alkanes) is 4. The van der Waals surface area contributed by atoms with E-state index in [0.717, 1.165) is 11.5 Å². The maximum atomic E-state index is 4.25. The van der Waals surface area contributed by atoms with Crippen LogP contribution in [0.25, 0.3) is 0 Å². The van der Waals surface area contributed by atoms with Crippen LogP contribution in [0.3, 0.4) is 0 Å². The molecular weight excluding hydrogens is 236 g/mol. The molecule has 0 aliphatic heterocycles. The van der Waals surface area contributed by atoms with Crippen molar-refractivity contribution in [2.75, 3.05) is 11.5 Å². The molecule has 15 heavy (non-hydrogen) atoms. The Morgan fingerprint density at radius 2 is 1.07 bits per heavy atom. The van der Waals surface area contributed by atoms with Gasteiger partial charge in [0.05, 0.1) is 0 Å². The van der Waals surface area contributed by atoms with E-state index >= 15 is 0 Å². The molecule has 3 heteroatoms. The highest BCUT2D eigenvalue weighted by Crippen LogP contribution is 2.22. The average molecular weight is 265 g/mol. The summed E-state index contributed by atoms with van der Waals surface area (Å²) >= 11 is 8.50. The molecule has 0 saturated heterocycles. The van der Waals surface area contributed by atoms with E-state index in [1.807, 2.05) is 0 Å². The Kier molecular flexibility index (Phi) is 10.7. The van der Waals surface area contributed by atoms with E-state index in [2.05, 4.69) is 38.4 Å². The first-order valence-electron chi connectivity index (χ1n) is 6.34. The van der Waals surface area contributed by atoms with Crippen LogP contribution in [0.15, 0.2) is 0 Å². The molecule has 0 aliphatic carbocycles. The van der Waals surface area contributed by atoms with Gasteiger partial charge in [0.15, 0.2) is 0 Å². The zero-order valence-electron chi connectivity index (χ0n) is 10.5. The molecule has 0 heterocycles. The molecule has 92 valence electrons. The molecule has 0 bridgehead atoms. The first-order valence-corrected chi connectivity index (χ1v) is 11.0. The van der Waals surface area contributed by atoms with Crippen molar-refractivity contribution in [3.63, 3.8) is 0 Å². The van der Waals surface area contributed by atoms with Gasteiger partial charge in [-0.15, -0.1) is 0 Å². The number of hydrogen-bond donors (Lipinski definition) is 2. The molecule has 0 rings (SSSR count). The summed E-state index contributed by atoms with van der Waals surface area (Å²) in [6.07, 6.45) is 8.24. The van der Waals surface area contributed by atoms with Gasteiger partial charge in [-0.2, -0.15) is 25.3 Å². The Morgan fingerprint density at radius 1 is 0.667 bits per heavy atom. The van der Waals surface area contributed by atoms with E-state index in [0.29, 0.717) is 0 Å². The SMILES string of the molecule is C[Si](C)(CCCCCS)CCCCCS. The average Bonchev–Trinajstić information content (AvgIpc) is 2.20. The molecule has 0 nitrogen and oxygen atoms in total. The van der Waals surface area contributed by atoms with Gasteiger partial charge in [0.2, 0.25) is 0 Å². The number of hydrogen-bond acceptors (Lipinski definition) is 2. The fourth-order valence-electron chi connectivity index (χ4n) is 1.91. The van der Waals surface area contributed by atoms with Crippen molar-refractivity contribution in [1.29, 1.82) is 0 Å². The molecule has 0 saturated carbocycles. The lowest BCUT2D eigenvalue weighted by molar-refractivity contribution is 0.746. The van der Waals surface area contributed by atoms with E-state index < -0.39 is 8.07 Å². The van der Waals surface area contributed by atoms with Crippen LogP contribution in [0.1, 0.15) is 38.5 Å². The van der Waals surface area contributed by atoms with Crippen molar-refractivity contribution in [3.8, 4) is 0 Å². The van der Waals surface area contributed by atoms with Gasteiger partial charge < -0.3 is 0 Å². The Bertz CT molecular complexity index is 124. The quantitative estimate of drug-likeness (QED) is 0.313. The fraction of sp³-hybridized carbons (Fsp3) is 1.00. The first kappa shape index (κ1) is 15.9. The second kappa shape index (κ2) is 10.1. The monoisotopic (exact) mass is 264 g/mol. The smallest absolute Gasteiger partial charge is 0.0473 e. The van der Waals surface area contributed by atoms with Crippen LogP contribution >= 0.6 is 25.3 Å². The van der Waals surface area contributed by atoms with Crippen LogP contribution in [-0.4, -0.2) is 19.6 Å². The summed E-state index contributed by atoms with van der Waals surface area (Å²) in [7, 11) is -0.853. The summed E-state index contributed by atoms with van der Waals surface area (Å²) in [6.45, 7) is 5.10. The van der Waals surface area contributed by atoms with Gasteiger partial charge >= 0.3 is 0 Å². The van der Waals surface area contributed by atoms with Gasteiger partial charge in [0.1, 0.15) is 0 Å². The van der Waals surface area contributed by atoms with Gasteiger partial charge in [-0.25, -0.2) is 0 Å². The normalized spacial score (nSPS) is 12.0. The molecule has 0 aromatic rings. The van der Waals surface area contributed by atoms with Crippen LogP contribution in [-0.2, 0) is 0 Å². The third kappa shape index (κ3) is 11.2. The molecule has 0 spiro atoms. The van der Waals surface area contributed by atoms with Crippen LogP contribution < -0.4 is 0 Å². The van der Waals surface area contributed by atoms with Gasteiger partial charge in [-0.05, 0) is 24.3 Å². The standard InChI is InChI=1S/C12H28S2Si/c1-15(2,11-7-3-5-9-13)12-8-4-6-10-14/h13-14H,3-12H2,1-2H3. The molecule has 0 fully saturated rings. The first-order chi connectivity index (χ1) is 7.12. The lowest BCUT2D eigenvalue weighted by Crippen LogP contribution is -2.24. The zero-order chi connectivity index (χ0) is 11.6. The van der Waals surface area contributed by atoms with Crippen LogP contribution in [0, 0.1) is 0 Å². The predicted octanol–water partition coefficient (Wildman–Crippen LogP) is 4.90. The van der Waals surface area contributed by atoms with Gasteiger partial charge in [-0.1, -0.05) is 50.9 Å². The van der Waals surface area contributed by atoms with Crippen LogP contribution in [0.2, 0.25) is 25.2 Å². The predicted molar refractivity (Wildman–Crippen MR) is 82.5 cm³/mol. The summed E-state index contributed by atoms with van der Waals surface area (Å²) in [5, 5.41) is 0. The molecule has 0 radical (unpaired) electrons. The van der Waals surface area contributed by atoms with E-state index in [-0.39, 0.29) is 0 Å². The topological polar surface area (TPSA) is 0 Å². The second-order valence-corrected chi connectivity index (χ2v) is 11.5. The highest BCUT2D eigenvalue weighted by molar-refractivity contribution is 7.80. The van der Waals surface area contributed by atoms with Crippen molar-refractivity contribution in [2.24, 2.45) is 0 Å². The van der Waals surface area contributed by atoms with E-state index in [9.17, 15) is 0 Å². The molecular formula is C12H28S2Si. The summed E-state index contributed by atoms with van der Waals surface area (Å²) in [4.78, 5) is 0. The van der Waals surface area contributed by atoms with Crippen molar-refractivity contribution < 1.29 is 0 Å². The highest BCUT2D eigenvalue weighted by atomic mass is 32.1. The van der Waals surface area contributed by atoms with E-state index in [1.54, 1.807) is 0 Å². The van der Waals surface area contributed by atoms with Crippen LogP contribution in [0.4, 0.5) is 0 Å². The van der Waals surface area contributed by atoms with Gasteiger partial charge in [0, 0.05) is 8.07 Å². The van der Waals surface area contributed by atoms with Crippen molar-refractivity contribution in [1.82, 2.24) is 0 Å². The Balaban J connectivity index is 3.40. The number of thiol groups is 2. The summed E-state index contributed by atoms with van der Waals surface area (Å²) in [5.74, 6) is 2.12.